The van der Waals surface area contributed by atoms with Crippen molar-refractivity contribution >= 4 is 11.7 Å². The molecule has 2 N–H and O–H groups in total. The first-order valence-corrected chi connectivity index (χ1v) is 9.65. The lowest BCUT2D eigenvalue weighted by molar-refractivity contribution is -0.271. The number of ether oxygens (including phenoxy) is 3. The minimum atomic E-state index is -1.51. The Morgan fingerprint density at radius 2 is 1.93 bits per heavy atom. The summed E-state index contributed by atoms with van der Waals surface area (Å²) in [5.74, 6) is -1.57. The summed E-state index contributed by atoms with van der Waals surface area (Å²) in [6, 6.07) is 7.69. The summed E-state index contributed by atoms with van der Waals surface area (Å²) in [7, 11) is 0. The molecular weight excluding hydrogens is 362 g/mol. The van der Waals surface area contributed by atoms with Crippen LogP contribution in [0.5, 0.6) is 5.75 Å². The van der Waals surface area contributed by atoms with Crippen LogP contribution in [0.15, 0.2) is 30.8 Å². The Hall–Kier alpha value is -2.09. The molecule has 1 aliphatic heterocycles. The Balaban J connectivity index is 1.57. The van der Waals surface area contributed by atoms with Gasteiger partial charge < -0.3 is 19.3 Å². The molecule has 28 heavy (non-hydrogen) atoms. The first-order chi connectivity index (χ1) is 13.3. The maximum atomic E-state index is 11.0. The number of hydroxylamine groups is 1. The van der Waals surface area contributed by atoms with Gasteiger partial charge in [-0.1, -0.05) is 13.0 Å². The van der Waals surface area contributed by atoms with Gasteiger partial charge in [0.1, 0.15) is 5.75 Å². The van der Waals surface area contributed by atoms with Gasteiger partial charge in [-0.05, 0) is 56.5 Å². The highest BCUT2D eigenvalue weighted by Gasteiger charge is 2.40. The number of carboxylic acids is 1. The first-order valence-electron chi connectivity index (χ1n) is 9.65. The summed E-state index contributed by atoms with van der Waals surface area (Å²) in [6.45, 7) is 10.7. The van der Waals surface area contributed by atoms with Crippen LogP contribution < -0.4 is 10.2 Å². The standard InChI is InChI=1S/C21H31NO6/c1-15(2)28-19-10-8-18(9-11-19)16(3)22-27-12-6-5-7-17-13-25-21(4,20(23)24)26-14-17/h8-11,15,17,22H,3,5-7,12-14H2,1-2,4H3,(H,23,24). The lowest BCUT2D eigenvalue weighted by atomic mass is 10.0. The van der Waals surface area contributed by atoms with Crippen LogP contribution in [-0.4, -0.2) is 42.8 Å². The minimum absolute atomic E-state index is 0.143. The Labute approximate surface area is 166 Å². The van der Waals surface area contributed by atoms with Gasteiger partial charge in [-0.15, -0.1) is 0 Å². The van der Waals surface area contributed by atoms with E-state index < -0.39 is 11.8 Å². The average Bonchev–Trinajstić information content (AvgIpc) is 2.66. The van der Waals surface area contributed by atoms with Crippen molar-refractivity contribution in [3.05, 3.63) is 36.4 Å². The lowest BCUT2D eigenvalue weighted by Crippen LogP contribution is -2.47. The predicted molar refractivity (Wildman–Crippen MR) is 106 cm³/mol. The van der Waals surface area contributed by atoms with Crippen LogP contribution in [-0.2, 0) is 19.1 Å². The molecular formula is C21H31NO6. The van der Waals surface area contributed by atoms with Crippen LogP contribution in [0, 0.1) is 5.92 Å². The summed E-state index contributed by atoms with van der Waals surface area (Å²) in [4.78, 5) is 16.5. The van der Waals surface area contributed by atoms with Crippen molar-refractivity contribution < 1.29 is 28.9 Å². The van der Waals surface area contributed by atoms with Gasteiger partial charge in [-0.25, -0.2) is 4.79 Å². The molecule has 156 valence electrons. The zero-order valence-corrected chi connectivity index (χ0v) is 16.9. The largest absolute Gasteiger partial charge is 0.491 e. The highest BCUT2D eigenvalue weighted by molar-refractivity contribution is 5.75. The van der Waals surface area contributed by atoms with Crippen LogP contribution >= 0.6 is 0 Å². The van der Waals surface area contributed by atoms with Crippen LogP contribution in [0.3, 0.4) is 0 Å². The Morgan fingerprint density at radius 1 is 1.29 bits per heavy atom. The van der Waals surface area contributed by atoms with Gasteiger partial charge >= 0.3 is 5.97 Å². The molecule has 0 spiro atoms. The average molecular weight is 393 g/mol. The lowest BCUT2D eigenvalue weighted by Gasteiger charge is -2.34. The molecule has 1 heterocycles. The smallest absolute Gasteiger partial charge is 0.364 e. The van der Waals surface area contributed by atoms with Crippen LogP contribution in [0.25, 0.3) is 5.70 Å². The number of carboxylic acid groups (broad SMARTS) is 1. The summed E-state index contributed by atoms with van der Waals surface area (Å²) < 4.78 is 16.3. The van der Waals surface area contributed by atoms with Crippen molar-refractivity contribution in [3.63, 3.8) is 0 Å². The fraction of sp³-hybridized carbons (Fsp3) is 0.571. The maximum absolute atomic E-state index is 11.0. The van der Waals surface area contributed by atoms with E-state index in [-0.39, 0.29) is 12.0 Å². The van der Waals surface area contributed by atoms with E-state index in [9.17, 15) is 4.79 Å². The quantitative estimate of drug-likeness (QED) is 0.439. The topological polar surface area (TPSA) is 86.3 Å². The predicted octanol–water partition coefficient (Wildman–Crippen LogP) is 3.60. The van der Waals surface area contributed by atoms with Gasteiger partial charge in [0.15, 0.2) is 0 Å². The molecule has 1 aliphatic rings. The molecule has 0 aliphatic carbocycles. The van der Waals surface area contributed by atoms with Crippen LogP contribution in [0.1, 0.15) is 45.6 Å². The van der Waals surface area contributed by atoms with Crippen molar-refractivity contribution in [1.29, 1.82) is 0 Å². The van der Waals surface area contributed by atoms with E-state index >= 15 is 0 Å². The highest BCUT2D eigenvalue weighted by atomic mass is 16.7. The molecule has 0 radical (unpaired) electrons. The second kappa shape index (κ2) is 10.5. The van der Waals surface area contributed by atoms with Crippen molar-refractivity contribution in [3.8, 4) is 5.75 Å². The van der Waals surface area contributed by atoms with Crippen LogP contribution in [0.2, 0.25) is 0 Å². The van der Waals surface area contributed by atoms with Gasteiger partial charge in [0.05, 0.1) is 31.6 Å². The molecule has 0 atom stereocenters. The third-order valence-electron chi connectivity index (χ3n) is 4.46. The first kappa shape index (κ1) is 22.2. The third-order valence-corrected chi connectivity index (χ3v) is 4.46. The second-order valence-corrected chi connectivity index (χ2v) is 7.35. The molecule has 1 fully saturated rings. The summed E-state index contributed by atoms with van der Waals surface area (Å²) >= 11 is 0. The normalized spacial score (nSPS) is 22.1. The molecule has 1 saturated heterocycles. The van der Waals surface area contributed by atoms with E-state index in [1.165, 1.54) is 6.92 Å². The zero-order valence-electron chi connectivity index (χ0n) is 16.9. The zero-order chi connectivity index (χ0) is 20.6. The van der Waals surface area contributed by atoms with E-state index in [1.807, 2.05) is 38.1 Å². The molecule has 0 saturated carbocycles. The van der Waals surface area contributed by atoms with Gasteiger partial charge in [0, 0.05) is 12.8 Å². The molecule has 0 unspecified atom stereocenters. The van der Waals surface area contributed by atoms with E-state index in [2.05, 4.69) is 12.1 Å². The van der Waals surface area contributed by atoms with Gasteiger partial charge in [-0.2, -0.15) is 0 Å². The van der Waals surface area contributed by atoms with E-state index in [4.69, 9.17) is 24.2 Å². The second-order valence-electron chi connectivity index (χ2n) is 7.35. The monoisotopic (exact) mass is 393 g/mol. The number of hydrogen-bond donors (Lipinski definition) is 2. The fourth-order valence-electron chi connectivity index (χ4n) is 2.74. The number of hydrogen-bond acceptors (Lipinski definition) is 6. The molecule has 0 bridgehead atoms. The molecule has 1 aromatic carbocycles. The highest BCUT2D eigenvalue weighted by Crippen LogP contribution is 2.24. The summed E-state index contributed by atoms with van der Waals surface area (Å²) in [6.07, 6.45) is 2.85. The number of unbranched alkanes of at least 4 members (excludes halogenated alkanes) is 1. The van der Waals surface area contributed by atoms with Gasteiger partial charge in [-0.3, -0.25) is 10.3 Å². The Morgan fingerprint density at radius 3 is 2.50 bits per heavy atom. The number of benzene rings is 1. The Bertz CT molecular complexity index is 635. The van der Waals surface area contributed by atoms with Crippen molar-refractivity contribution in [1.82, 2.24) is 5.48 Å². The SMILES string of the molecule is C=C(NOCCCCC1COC(C)(C(=O)O)OC1)c1ccc(OC(C)C)cc1. The molecule has 1 aromatic rings. The van der Waals surface area contributed by atoms with Gasteiger partial charge in [0.25, 0.3) is 5.79 Å². The molecule has 7 heteroatoms. The fourth-order valence-corrected chi connectivity index (χ4v) is 2.74. The minimum Gasteiger partial charge on any atom is -0.491 e. The molecule has 0 aromatic heterocycles. The third kappa shape index (κ3) is 6.82. The summed E-state index contributed by atoms with van der Waals surface area (Å²) in [5.41, 5.74) is 4.50. The van der Waals surface area contributed by atoms with Crippen molar-refractivity contribution in [2.24, 2.45) is 5.92 Å². The molecule has 2 rings (SSSR count). The molecule has 0 amide bonds. The van der Waals surface area contributed by atoms with Gasteiger partial charge in [0.2, 0.25) is 0 Å². The number of nitrogens with one attached hydrogen (secondary N) is 1. The van der Waals surface area contributed by atoms with E-state index in [0.717, 1.165) is 30.6 Å². The van der Waals surface area contributed by atoms with Crippen LogP contribution in [0.4, 0.5) is 0 Å². The van der Waals surface area contributed by atoms with Crippen molar-refractivity contribution in [2.75, 3.05) is 19.8 Å². The van der Waals surface area contributed by atoms with Crippen molar-refractivity contribution in [2.45, 2.75) is 51.9 Å². The maximum Gasteiger partial charge on any atom is 0.364 e. The number of carbonyl (C=O) groups is 1. The molecule has 7 nitrogen and oxygen atoms in total. The number of rotatable bonds is 11. The number of aliphatic carboxylic acids is 1. The summed E-state index contributed by atoms with van der Waals surface area (Å²) in [5, 5.41) is 9.05. The Kier molecular flexibility index (Phi) is 8.29. The van der Waals surface area contributed by atoms with E-state index in [0.29, 0.717) is 25.5 Å². The van der Waals surface area contributed by atoms with E-state index in [1.54, 1.807) is 0 Å².